The first-order valence-electron chi connectivity index (χ1n) is 3.31. The highest BCUT2D eigenvalue weighted by molar-refractivity contribution is 4.48. The SMILES string of the molecule is CCN(C)CCN(C)N. The van der Waals surface area contributed by atoms with Gasteiger partial charge in [0.25, 0.3) is 0 Å². The molecular formula is C6H17N3. The normalized spacial score (nSPS) is 11.3. The molecule has 0 heterocycles. The number of likely N-dealkylation sites (N-methyl/N-ethyl adjacent to an activating group) is 2. The number of nitrogens with two attached hydrogens (primary N) is 1. The van der Waals surface area contributed by atoms with Crippen LogP contribution in [0.4, 0.5) is 0 Å². The maximum absolute atomic E-state index is 5.40. The van der Waals surface area contributed by atoms with Gasteiger partial charge in [0, 0.05) is 20.1 Å². The second-order valence-electron chi connectivity index (χ2n) is 2.38. The van der Waals surface area contributed by atoms with E-state index in [-0.39, 0.29) is 0 Å². The van der Waals surface area contributed by atoms with E-state index in [2.05, 4.69) is 18.9 Å². The van der Waals surface area contributed by atoms with Gasteiger partial charge in [0.1, 0.15) is 0 Å². The molecule has 0 aliphatic heterocycles. The second-order valence-corrected chi connectivity index (χ2v) is 2.38. The molecule has 0 fully saturated rings. The van der Waals surface area contributed by atoms with Gasteiger partial charge in [-0.05, 0) is 13.6 Å². The van der Waals surface area contributed by atoms with E-state index in [1.165, 1.54) is 0 Å². The monoisotopic (exact) mass is 131 g/mol. The average molecular weight is 131 g/mol. The Bertz CT molecular complexity index is 63.3. The Morgan fingerprint density at radius 1 is 1.22 bits per heavy atom. The maximum Gasteiger partial charge on any atom is 0.0253 e. The van der Waals surface area contributed by atoms with Gasteiger partial charge in [-0.25, -0.2) is 5.01 Å². The fraction of sp³-hybridized carbons (Fsp3) is 1.00. The van der Waals surface area contributed by atoms with E-state index >= 15 is 0 Å². The van der Waals surface area contributed by atoms with Gasteiger partial charge in [-0.15, -0.1) is 0 Å². The Morgan fingerprint density at radius 2 is 1.78 bits per heavy atom. The summed E-state index contributed by atoms with van der Waals surface area (Å²) in [6, 6.07) is 0. The molecule has 56 valence electrons. The molecule has 0 amide bonds. The summed E-state index contributed by atoms with van der Waals surface area (Å²) in [6.07, 6.45) is 0. The predicted octanol–water partition coefficient (Wildman–Crippen LogP) is -0.256. The van der Waals surface area contributed by atoms with Gasteiger partial charge < -0.3 is 4.90 Å². The molecule has 0 aromatic heterocycles. The molecule has 3 heteroatoms. The fourth-order valence-electron chi connectivity index (χ4n) is 0.487. The van der Waals surface area contributed by atoms with Crippen molar-refractivity contribution in [3.8, 4) is 0 Å². The standard InChI is InChI=1S/C6H17N3/c1-4-8(2)5-6-9(3)7/h4-7H2,1-3H3. The van der Waals surface area contributed by atoms with Crippen molar-refractivity contribution in [2.45, 2.75) is 6.92 Å². The van der Waals surface area contributed by atoms with E-state index < -0.39 is 0 Å². The minimum Gasteiger partial charge on any atom is -0.305 e. The summed E-state index contributed by atoms with van der Waals surface area (Å²) in [4.78, 5) is 2.23. The van der Waals surface area contributed by atoms with Crippen molar-refractivity contribution in [2.24, 2.45) is 5.84 Å². The van der Waals surface area contributed by atoms with Crippen molar-refractivity contribution in [3.63, 3.8) is 0 Å². The van der Waals surface area contributed by atoms with E-state index in [1.807, 2.05) is 7.05 Å². The summed E-state index contributed by atoms with van der Waals surface area (Å²) in [5, 5.41) is 1.70. The van der Waals surface area contributed by atoms with Crippen LogP contribution in [-0.4, -0.2) is 43.6 Å². The van der Waals surface area contributed by atoms with Crippen molar-refractivity contribution in [1.29, 1.82) is 0 Å². The summed E-state index contributed by atoms with van der Waals surface area (Å²) < 4.78 is 0. The predicted molar refractivity (Wildman–Crippen MR) is 40.0 cm³/mol. The average Bonchev–Trinajstić information content (AvgIpc) is 1.83. The van der Waals surface area contributed by atoms with Crippen LogP contribution in [0.15, 0.2) is 0 Å². The summed E-state index contributed by atoms with van der Waals surface area (Å²) >= 11 is 0. The third-order valence-electron chi connectivity index (χ3n) is 1.37. The van der Waals surface area contributed by atoms with Crippen molar-refractivity contribution in [1.82, 2.24) is 9.91 Å². The van der Waals surface area contributed by atoms with Crippen LogP contribution >= 0.6 is 0 Å². The molecule has 0 bridgehead atoms. The first kappa shape index (κ1) is 8.88. The highest BCUT2D eigenvalue weighted by Gasteiger charge is 1.93. The molecule has 0 aliphatic rings. The third kappa shape index (κ3) is 5.76. The number of hydrogen-bond donors (Lipinski definition) is 1. The molecule has 0 saturated carbocycles. The highest BCUT2D eigenvalue weighted by atomic mass is 15.4. The van der Waals surface area contributed by atoms with E-state index in [0.29, 0.717) is 0 Å². The topological polar surface area (TPSA) is 32.5 Å². The van der Waals surface area contributed by atoms with Crippen molar-refractivity contribution < 1.29 is 0 Å². The van der Waals surface area contributed by atoms with E-state index in [1.54, 1.807) is 5.01 Å². The zero-order valence-electron chi connectivity index (χ0n) is 6.59. The Labute approximate surface area is 57.4 Å². The minimum atomic E-state index is 0.935. The van der Waals surface area contributed by atoms with Gasteiger partial charge in [0.15, 0.2) is 0 Å². The molecule has 0 aromatic carbocycles. The lowest BCUT2D eigenvalue weighted by Crippen LogP contribution is -2.34. The molecule has 0 atom stereocenters. The van der Waals surface area contributed by atoms with E-state index in [9.17, 15) is 0 Å². The van der Waals surface area contributed by atoms with Crippen LogP contribution in [0.25, 0.3) is 0 Å². The number of rotatable bonds is 4. The molecule has 0 unspecified atom stereocenters. The summed E-state index contributed by atoms with van der Waals surface area (Å²) in [5.74, 6) is 5.40. The fourth-order valence-corrected chi connectivity index (χ4v) is 0.487. The third-order valence-corrected chi connectivity index (χ3v) is 1.37. The first-order chi connectivity index (χ1) is 4.16. The quantitative estimate of drug-likeness (QED) is 0.421. The number of hydrazine groups is 1. The van der Waals surface area contributed by atoms with Crippen molar-refractivity contribution >= 4 is 0 Å². The van der Waals surface area contributed by atoms with E-state index in [0.717, 1.165) is 19.6 Å². The zero-order valence-corrected chi connectivity index (χ0v) is 6.59. The van der Waals surface area contributed by atoms with Crippen LogP contribution in [0.5, 0.6) is 0 Å². The van der Waals surface area contributed by atoms with Gasteiger partial charge in [-0.3, -0.25) is 5.84 Å². The van der Waals surface area contributed by atoms with Crippen LogP contribution in [0.2, 0.25) is 0 Å². The lowest BCUT2D eigenvalue weighted by molar-refractivity contribution is 0.268. The van der Waals surface area contributed by atoms with Crippen LogP contribution < -0.4 is 5.84 Å². The van der Waals surface area contributed by atoms with E-state index in [4.69, 9.17) is 5.84 Å². The zero-order chi connectivity index (χ0) is 7.28. The van der Waals surface area contributed by atoms with Crippen molar-refractivity contribution in [2.75, 3.05) is 33.7 Å². The summed E-state index contributed by atoms with van der Waals surface area (Å²) in [7, 11) is 3.97. The Hall–Kier alpha value is -0.120. The highest BCUT2D eigenvalue weighted by Crippen LogP contribution is 1.79. The molecule has 0 aromatic rings. The van der Waals surface area contributed by atoms with Crippen LogP contribution in [0.1, 0.15) is 6.92 Å². The van der Waals surface area contributed by atoms with Gasteiger partial charge in [-0.1, -0.05) is 6.92 Å². The Kier molecular flexibility index (Phi) is 4.67. The molecule has 0 spiro atoms. The molecule has 0 radical (unpaired) electrons. The molecule has 0 aliphatic carbocycles. The second kappa shape index (κ2) is 4.73. The van der Waals surface area contributed by atoms with Crippen molar-refractivity contribution in [3.05, 3.63) is 0 Å². The van der Waals surface area contributed by atoms with Gasteiger partial charge in [0.05, 0.1) is 0 Å². The molecule has 3 nitrogen and oxygen atoms in total. The van der Waals surface area contributed by atoms with Gasteiger partial charge in [-0.2, -0.15) is 0 Å². The van der Waals surface area contributed by atoms with Gasteiger partial charge >= 0.3 is 0 Å². The first-order valence-corrected chi connectivity index (χ1v) is 3.31. The summed E-state index contributed by atoms with van der Waals surface area (Å²) in [5.41, 5.74) is 0. The largest absolute Gasteiger partial charge is 0.305 e. The van der Waals surface area contributed by atoms with Crippen LogP contribution in [-0.2, 0) is 0 Å². The molecule has 2 N–H and O–H groups in total. The number of hydrogen-bond acceptors (Lipinski definition) is 3. The Morgan fingerprint density at radius 3 is 2.11 bits per heavy atom. The lowest BCUT2D eigenvalue weighted by Gasteiger charge is -2.16. The molecular weight excluding hydrogens is 114 g/mol. The van der Waals surface area contributed by atoms with Crippen LogP contribution in [0, 0.1) is 0 Å². The maximum atomic E-state index is 5.40. The minimum absolute atomic E-state index is 0.935. The lowest BCUT2D eigenvalue weighted by atomic mass is 10.5. The molecule has 9 heavy (non-hydrogen) atoms. The van der Waals surface area contributed by atoms with Gasteiger partial charge in [0.2, 0.25) is 0 Å². The molecule has 0 saturated heterocycles. The smallest absolute Gasteiger partial charge is 0.0253 e. The molecule has 0 rings (SSSR count). The summed E-state index contributed by atoms with van der Waals surface area (Å²) in [6.45, 7) is 5.21. The van der Waals surface area contributed by atoms with Crippen LogP contribution in [0.3, 0.4) is 0 Å². The Balaban J connectivity index is 3.06. The number of nitrogens with zero attached hydrogens (tertiary/aromatic N) is 2.